The first-order valence-electron chi connectivity index (χ1n) is 11.1. The lowest BCUT2D eigenvalue weighted by atomic mass is 9.99. The molecule has 172 valence electrons. The number of piperidine rings is 1. The van der Waals surface area contributed by atoms with Crippen molar-refractivity contribution in [3.8, 4) is 0 Å². The molecule has 0 spiro atoms. The molecule has 0 atom stereocenters. The molecule has 2 heterocycles. The van der Waals surface area contributed by atoms with Gasteiger partial charge in [-0.2, -0.15) is 0 Å². The number of imidazole rings is 1. The number of amides is 2. The van der Waals surface area contributed by atoms with Crippen molar-refractivity contribution in [3.05, 3.63) is 66.5 Å². The SMILES string of the molecule is CC1CCN(c2ccc(NC(=O)c3ccc(NC(=O)CSc4nccn4C)cc3)cc2)CC1. The summed E-state index contributed by atoms with van der Waals surface area (Å²) in [4.78, 5) is 31.4. The Morgan fingerprint density at radius 2 is 1.64 bits per heavy atom. The molecule has 2 amide bonds. The number of anilines is 3. The summed E-state index contributed by atoms with van der Waals surface area (Å²) in [6, 6.07) is 14.9. The van der Waals surface area contributed by atoms with Crippen LogP contribution in [-0.2, 0) is 11.8 Å². The van der Waals surface area contributed by atoms with E-state index in [2.05, 4.69) is 39.6 Å². The van der Waals surface area contributed by atoms with Crippen LogP contribution in [-0.4, -0.2) is 40.2 Å². The molecule has 0 radical (unpaired) electrons. The number of carbonyl (C=O) groups is 2. The van der Waals surface area contributed by atoms with E-state index in [1.165, 1.54) is 30.3 Å². The third-order valence-corrected chi connectivity index (χ3v) is 6.87. The molecule has 1 saturated heterocycles. The van der Waals surface area contributed by atoms with Crippen LogP contribution in [0.1, 0.15) is 30.1 Å². The molecular weight excluding hydrogens is 434 g/mol. The largest absolute Gasteiger partial charge is 0.372 e. The quantitative estimate of drug-likeness (QED) is 0.499. The van der Waals surface area contributed by atoms with Crippen LogP contribution in [0.5, 0.6) is 0 Å². The highest BCUT2D eigenvalue weighted by atomic mass is 32.2. The second-order valence-corrected chi connectivity index (χ2v) is 9.35. The minimum atomic E-state index is -0.183. The Bertz CT molecular complexity index is 1090. The predicted octanol–water partition coefficient (Wildman–Crippen LogP) is 4.64. The van der Waals surface area contributed by atoms with Crippen LogP contribution in [0, 0.1) is 5.92 Å². The summed E-state index contributed by atoms with van der Waals surface area (Å²) in [5.41, 5.74) is 3.14. The molecule has 0 unspecified atom stereocenters. The van der Waals surface area contributed by atoms with E-state index in [-0.39, 0.29) is 17.6 Å². The second kappa shape index (κ2) is 10.6. The van der Waals surface area contributed by atoms with Gasteiger partial charge in [-0.25, -0.2) is 4.98 Å². The van der Waals surface area contributed by atoms with E-state index in [1.54, 1.807) is 30.5 Å². The molecule has 7 nitrogen and oxygen atoms in total. The third-order valence-electron chi connectivity index (χ3n) is 5.81. The van der Waals surface area contributed by atoms with Gasteiger partial charge in [0.25, 0.3) is 5.91 Å². The summed E-state index contributed by atoms with van der Waals surface area (Å²) in [5, 5.41) is 6.57. The fourth-order valence-electron chi connectivity index (χ4n) is 3.75. The van der Waals surface area contributed by atoms with E-state index in [0.717, 1.165) is 29.9 Å². The molecule has 1 aromatic heterocycles. The normalized spacial score (nSPS) is 14.2. The fourth-order valence-corrected chi connectivity index (χ4v) is 4.48. The van der Waals surface area contributed by atoms with E-state index in [1.807, 2.05) is 29.9 Å². The van der Waals surface area contributed by atoms with Crippen LogP contribution in [0.25, 0.3) is 0 Å². The lowest BCUT2D eigenvalue weighted by Gasteiger charge is -2.32. The topological polar surface area (TPSA) is 79.3 Å². The highest BCUT2D eigenvalue weighted by Crippen LogP contribution is 2.24. The Labute approximate surface area is 198 Å². The Balaban J connectivity index is 1.27. The zero-order chi connectivity index (χ0) is 23.2. The van der Waals surface area contributed by atoms with E-state index in [9.17, 15) is 9.59 Å². The van der Waals surface area contributed by atoms with Gasteiger partial charge in [0.15, 0.2) is 5.16 Å². The summed E-state index contributed by atoms with van der Waals surface area (Å²) < 4.78 is 1.87. The number of hydrogen-bond acceptors (Lipinski definition) is 5. The van der Waals surface area contributed by atoms with E-state index >= 15 is 0 Å². The molecule has 33 heavy (non-hydrogen) atoms. The summed E-state index contributed by atoms with van der Waals surface area (Å²) in [5.74, 6) is 0.755. The smallest absolute Gasteiger partial charge is 0.255 e. The van der Waals surface area contributed by atoms with Gasteiger partial charge in [-0.1, -0.05) is 18.7 Å². The summed E-state index contributed by atoms with van der Waals surface area (Å²) in [7, 11) is 1.89. The average Bonchev–Trinajstić information content (AvgIpc) is 3.24. The summed E-state index contributed by atoms with van der Waals surface area (Å²) in [6.07, 6.45) is 5.98. The van der Waals surface area contributed by atoms with Crippen molar-refractivity contribution in [2.45, 2.75) is 24.9 Å². The van der Waals surface area contributed by atoms with Crippen LogP contribution >= 0.6 is 11.8 Å². The van der Waals surface area contributed by atoms with Gasteiger partial charge in [-0.3, -0.25) is 9.59 Å². The first kappa shape index (κ1) is 22.9. The number of carbonyl (C=O) groups excluding carboxylic acids is 2. The van der Waals surface area contributed by atoms with Gasteiger partial charge in [0, 0.05) is 55.2 Å². The fraction of sp³-hybridized carbons (Fsp3) is 0.320. The Morgan fingerprint density at radius 1 is 1.00 bits per heavy atom. The van der Waals surface area contributed by atoms with Crippen molar-refractivity contribution in [1.29, 1.82) is 0 Å². The highest BCUT2D eigenvalue weighted by molar-refractivity contribution is 7.99. The second-order valence-electron chi connectivity index (χ2n) is 8.41. The van der Waals surface area contributed by atoms with E-state index in [4.69, 9.17) is 0 Å². The molecule has 2 aromatic carbocycles. The average molecular weight is 464 g/mol. The van der Waals surface area contributed by atoms with E-state index in [0.29, 0.717) is 11.3 Å². The van der Waals surface area contributed by atoms with Crippen molar-refractivity contribution < 1.29 is 9.59 Å². The molecule has 8 heteroatoms. The van der Waals surface area contributed by atoms with Crippen LogP contribution < -0.4 is 15.5 Å². The molecule has 3 aromatic rings. The lowest BCUT2D eigenvalue weighted by molar-refractivity contribution is -0.113. The van der Waals surface area contributed by atoms with Crippen molar-refractivity contribution in [1.82, 2.24) is 9.55 Å². The zero-order valence-electron chi connectivity index (χ0n) is 19.0. The van der Waals surface area contributed by atoms with Gasteiger partial charge < -0.3 is 20.1 Å². The number of aryl methyl sites for hydroxylation is 1. The molecule has 1 fully saturated rings. The number of nitrogens with zero attached hydrogens (tertiary/aromatic N) is 3. The maximum absolute atomic E-state index is 12.6. The minimum absolute atomic E-state index is 0.122. The molecule has 0 bridgehead atoms. The maximum atomic E-state index is 12.6. The molecule has 2 N–H and O–H groups in total. The van der Waals surface area contributed by atoms with Crippen molar-refractivity contribution in [3.63, 3.8) is 0 Å². The van der Waals surface area contributed by atoms with Crippen molar-refractivity contribution in [2.24, 2.45) is 13.0 Å². The Kier molecular flexibility index (Phi) is 7.34. The molecule has 1 aliphatic rings. The van der Waals surface area contributed by atoms with Crippen LogP contribution in [0.4, 0.5) is 17.1 Å². The number of hydrogen-bond donors (Lipinski definition) is 2. The standard InChI is InChI=1S/C25H29N5O2S/c1-18-11-14-30(15-12-18)22-9-7-21(8-10-22)28-24(32)19-3-5-20(6-4-19)27-23(31)17-33-25-26-13-16-29(25)2/h3-10,13,16,18H,11-12,14-15,17H2,1-2H3,(H,27,31)(H,28,32). The van der Waals surface area contributed by atoms with Crippen LogP contribution in [0.2, 0.25) is 0 Å². The molecule has 0 aliphatic carbocycles. The highest BCUT2D eigenvalue weighted by Gasteiger charge is 2.16. The zero-order valence-corrected chi connectivity index (χ0v) is 19.8. The number of aromatic nitrogens is 2. The van der Waals surface area contributed by atoms with Crippen molar-refractivity contribution in [2.75, 3.05) is 34.4 Å². The summed E-state index contributed by atoms with van der Waals surface area (Å²) >= 11 is 1.37. The van der Waals surface area contributed by atoms with E-state index < -0.39 is 0 Å². The van der Waals surface area contributed by atoms with Gasteiger partial charge in [0.05, 0.1) is 5.75 Å². The lowest BCUT2D eigenvalue weighted by Crippen LogP contribution is -2.32. The third kappa shape index (κ3) is 6.16. The number of benzene rings is 2. The molecule has 1 aliphatic heterocycles. The monoisotopic (exact) mass is 463 g/mol. The van der Waals surface area contributed by atoms with Gasteiger partial charge in [-0.05, 0) is 67.3 Å². The first-order valence-corrected chi connectivity index (χ1v) is 12.1. The molecule has 0 saturated carbocycles. The predicted molar refractivity (Wildman–Crippen MR) is 134 cm³/mol. The minimum Gasteiger partial charge on any atom is -0.372 e. The van der Waals surface area contributed by atoms with Gasteiger partial charge in [-0.15, -0.1) is 0 Å². The van der Waals surface area contributed by atoms with Gasteiger partial charge >= 0.3 is 0 Å². The Hall–Kier alpha value is -3.26. The van der Waals surface area contributed by atoms with Gasteiger partial charge in [0.2, 0.25) is 5.91 Å². The van der Waals surface area contributed by atoms with Crippen molar-refractivity contribution >= 4 is 40.6 Å². The number of nitrogens with one attached hydrogen (secondary N) is 2. The molecule has 4 rings (SSSR count). The van der Waals surface area contributed by atoms with Crippen LogP contribution in [0.3, 0.4) is 0 Å². The number of rotatable bonds is 7. The number of thioether (sulfide) groups is 1. The summed E-state index contributed by atoms with van der Waals surface area (Å²) in [6.45, 7) is 4.47. The Morgan fingerprint density at radius 3 is 2.27 bits per heavy atom. The molecular formula is C25H29N5O2S. The maximum Gasteiger partial charge on any atom is 0.255 e. The first-order chi connectivity index (χ1) is 16.0. The van der Waals surface area contributed by atoms with Gasteiger partial charge in [0.1, 0.15) is 0 Å². The van der Waals surface area contributed by atoms with Crippen LogP contribution in [0.15, 0.2) is 66.1 Å².